The second-order valence-corrected chi connectivity index (χ2v) is 4.12. The van der Waals surface area contributed by atoms with Gasteiger partial charge in [-0.15, -0.1) is 0 Å². The fraction of sp³-hybridized carbons (Fsp3) is 0.444. The van der Waals surface area contributed by atoms with E-state index in [4.69, 9.17) is 9.26 Å². The zero-order valence-corrected chi connectivity index (χ0v) is 10.3. The molecule has 6 nitrogen and oxygen atoms in total. The van der Waals surface area contributed by atoms with Crippen molar-refractivity contribution in [3.8, 4) is 0 Å². The Bertz CT molecular complexity index is 454. The summed E-state index contributed by atoms with van der Waals surface area (Å²) in [5.74, 6) is 1.20. The molecule has 0 fully saturated rings. The Morgan fingerprint density at radius 1 is 1.56 bits per heavy atom. The fourth-order valence-corrected chi connectivity index (χ4v) is 1.54. The predicted molar refractivity (Wildman–Crippen MR) is 58.9 cm³/mol. The molecule has 0 atom stereocenters. The van der Waals surface area contributed by atoms with Crippen molar-refractivity contribution < 1.29 is 9.26 Å². The van der Waals surface area contributed by atoms with Crippen LogP contribution in [0.4, 0.5) is 0 Å². The van der Waals surface area contributed by atoms with Crippen LogP contribution >= 0.6 is 15.9 Å². The van der Waals surface area contributed by atoms with E-state index in [1.165, 1.54) is 0 Å². The molecular weight excluding hydrogens is 276 g/mol. The first-order valence-electron chi connectivity index (χ1n) is 4.76. The normalized spacial score (nSPS) is 10.9. The minimum atomic E-state index is 0.478. The van der Waals surface area contributed by atoms with Gasteiger partial charge in [-0.3, -0.25) is 4.68 Å². The van der Waals surface area contributed by atoms with E-state index in [2.05, 4.69) is 31.2 Å². The molecule has 16 heavy (non-hydrogen) atoms. The van der Waals surface area contributed by atoms with E-state index in [0.29, 0.717) is 31.3 Å². The molecule has 0 aliphatic rings. The van der Waals surface area contributed by atoms with Crippen LogP contribution in [0, 0.1) is 0 Å². The number of hydrogen-bond donors (Lipinski definition) is 0. The molecule has 2 rings (SSSR count). The molecule has 0 aromatic carbocycles. The molecule has 0 amide bonds. The van der Waals surface area contributed by atoms with E-state index >= 15 is 0 Å². The first-order valence-corrected chi connectivity index (χ1v) is 5.55. The highest BCUT2D eigenvalue weighted by atomic mass is 79.9. The minimum absolute atomic E-state index is 0.478. The van der Waals surface area contributed by atoms with Gasteiger partial charge in [0, 0.05) is 19.7 Å². The van der Waals surface area contributed by atoms with E-state index < -0.39 is 0 Å². The first-order chi connectivity index (χ1) is 7.78. The Morgan fingerprint density at radius 2 is 2.44 bits per heavy atom. The number of nitrogens with zero attached hydrogens (tertiary/aromatic N) is 4. The van der Waals surface area contributed by atoms with Crippen molar-refractivity contribution in [2.75, 3.05) is 13.7 Å². The van der Waals surface area contributed by atoms with Gasteiger partial charge in [-0.1, -0.05) is 5.16 Å². The molecule has 0 bridgehead atoms. The number of ether oxygens (including phenoxy) is 1. The third kappa shape index (κ3) is 2.89. The van der Waals surface area contributed by atoms with Gasteiger partial charge < -0.3 is 9.26 Å². The van der Waals surface area contributed by atoms with Gasteiger partial charge in [0.25, 0.3) is 0 Å². The van der Waals surface area contributed by atoms with Crippen LogP contribution in [-0.4, -0.2) is 33.6 Å². The van der Waals surface area contributed by atoms with Crippen LogP contribution in [0.25, 0.3) is 0 Å². The van der Waals surface area contributed by atoms with Gasteiger partial charge in [-0.05, 0) is 15.9 Å². The highest BCUT2D eigenvalue weighted by molar-refractivity contribution is 9.10. The zero-order chi connectivity index (χ0) is 11.4. The number of aromatic nitrogens is 4. The maximum atomic E-state index is 5.08. The van der Waals surface area contributed by atoms with Gasteiger partial charge in [-0.25, -0.2) is 0 Å². The number of hydrogen-bond acceptors (Lipinski definition) is 5. The molecule has 0 aliphatic heterocycles. The van der Waals surface area contributed by atoms with Crippen LogP contribution < -0.4 is 0 Å². The summed E-state index contributed by atoms with van der Waals surface area (Å²) in [7, 11) is 1.64. The highest BCUT2D eigenvalue weighted by Gasteiger charge is 2.07. The molecular formula is C9H11BrN4O2. The SMILES string of the molecule is COCCc1noc(Cn2cc(Br)cn2)n1. The lowest BCUT2D eigenvalue weighted by molar-refractivity contribution is 0.199. The molecule has 2 heterocycles. The van der Waals surface area contributed by atoms with Gasteiger partial charge in [0.2, 0.25) is 5.89 Å². The quantitative estimate of drug-likeness (QED) is 0.828. The van der Waals surface area contributed by atoms with Crippen LogP contribution in [0.5, 0.6) is 0 Å². The third-order valence-electron chi connectivity index (χ3n) is 1.94. The lowest BCUT2D eigenvalue weighted by Gasteiger charge is -1.93. The average molecular weight is 287 g/mol. The van der Waals surface area contributed by atoms with Crippen LogP contribution in [0.15, 0.2) is 21.4 Å². The standard InChI is InChI=1S/C9H11BrN4O2/c1-15-3-2-8-12-9(16-13-8)6-14-5-7(10)4-11-14/h4-5H,2-3,6H2,1H3. The molecule has 7 heteroatoms. The Hall–Kier alpha value is -1.21. The summed E-state index contributed by atoms with van der Waals surface area (Å²) in [4.78, 5) is 4.22. The molecule has 0 N–H and O–H groups in total. The van der Waals surface area contributed by atoms with Crippen LogP contribution in [-0.2, 0) is 17.7 Å². The molecule has 2 aromatic rings. The molecule has 0 radical (unpaired) electrons. The van der Waals surface area contributed by atoms with Crippen molar-refractivity contribution in [3.63, 3.8) is 0 Å². The van der Waals surface area contributed by atoms with Crippen molar-refractivity contribution in [2.24, 2.45) is 0 Å². The summed E-state index contributed by atoms with van der Waals surface area (Å²) in [6.07, 6.45) is 4.21. The van der Waals surface area contributed by atoms with Gasteiger partial charge >= 0.3 is 0 Å². The first kappa shape index (κ1) is 11.3. The fourth-order valence-electron chi connectivity index (χ4n) is 1.21. The van der Waals surface area contributed by atoms with Crippen molar-refractivity contribution in [3.05, 3.63) is 28.6 Å². The lowest BCUT2D eigenvalue weighted by Crippen LogP contribution is -2.01. The second-order valence-electron chi connectivity index (χ2n) is 3.20. The van der Waals surface area contributed by atoms with E-state index in [9.17, 15) is 0 Å². The molecule has 0 saturated heterocycles. The molecule has 2 aromatic heterocycles. The molecule has 0 aliphatic carbocycles. The van der Waals surface area contributed by atoms with E-state index in [1.54, 1.807) is 18.0 Å². The maximum absolute atomic E-state index is 5.08. The molecule has 0 saturated carbocycles. The Labute approximate surface area is 101 Å². The summed E-state index contributed by atoms with van der Waals surface area (Å²) >= 11 is 3.32. The average Bonchev–Trinajstić information content (AvgIpc) is 2.86. The number of halogens is 1. The van der Waals surface area contributed by atoms with Gasteiger partial charge in [0.1, 0.15) is 6.54 Å². The maximum Gasteiger partial charge on any atom is 0.248 e. The zero-order valence-electron chi connectivity index (χ0n) is 8.76. The lowest BCUT2D eigenvalue weighted by atomic mass is 10.4. The van der Waals surface area contributed by atoms with E-state index in [-0.39, 0.29) is 0 Å². The van der Waals surface area contributed by atoms with Gasteiger partial charge in [0.05, 0.1) is 17.3 Å². The van der Waals surface area contributed by atoms with Gasteiger partial charge in [0.15, 0.2) is 5.82 Å². The summed E-state index contributed by atoms with van der Waals surface area (Å²) < 4.78 is 12.7. The Kier molecular flexibility index (Phi) is 3.68. The van der Waals surface area contributed by atoms with E-state index in [0.717, 1.165) is 4.47 Å². The van der Waals surface area contributed by atoms with Crippen molar-refractivity contribution in [1.82, 2.24) is 19.9 Å². The largest absolute Gasteiger partial charge is 0.384 e. The van der Waals surface area contributed by atoms with Crippen molar-refractivity contribution >= 4 is 15.9 Å². The van der Waals surface area contributed by atoms with Crippen LogP contribution in [0.3, 0.4) is 0 Å². The van der Waals surface area contributed by atoms with Crippen molar-refractivity contribution in [1.29, 1.82) is 0 Å². The molecule has 0 unspecified atom stereocenters. The highest BCUT2D eigenvalue weighted by Crippen LogP contribution is 2.08. The summed E-state index contributed by atoms with van der Waals surface area (Å²) in [6, 6.07) is 0. The smallest absolute Gasteiger partial charge is 0.248 e. The van der Waals surface area contributed by atoms with Crippen molar-refractivity contribution in [2.45, 2.75) is 13.0 Å². The monoisotopic (exact) mass is 286 g/mol. The second kappa shape index (κ2) is 5.22. The summed E-state index contributed by atoms with van der Waals surface area (Å²) in [5, 5.41) is 7.94. The summed E-state index contributed by atoms with van der Waals surface area (Å²) in [5.41, 5.74) is 0. The molecule has 86 valence electrons. The Morgan fingerprint density at radius 3 is 3.12 bits per heavy atom. The number of methoxy groups -OCH3 is 1. The van der Waals surface area contributed by atoms with Gasteiger partial charge in [-0.2, -0.15) is 10.1 Å². The third-order valence-corrected chi connectivity index (χ3v) is 2.35. The predicted octanol–water partition coefficient (Wildman–Crippen LogP) is 1.27. The number of rotatable bonds is 5. The van der Waals surface area contributed by atoms with Crippen LogP contribution in [0.1, 0.15) is 11.7 Å². The topological polar surface area (TPSA) is 66.0 Å². The van der Waals surface area contributed by atoms with E-state index in [1.807, 2.05) is 6.20 Å². The minimum Gasteiger partial charge on any atom is -0.384 e. The Balaban J connectivity index is 1.97. The van der Waals surface area contributed by atoms with Crippen LogP contribution in [0.2, 0.25) is 0 Å². The summed E-state index contributed by atoms with van der Waals surface area (Å²) in [6.45, 7) is 1.07. The molecule has 0 spiro atoms.